The van der Waals surface area contributed by atoms with Crippen molar-refractivity contribution in [3.8, 4) is 28.6 Å². The largest absolute Gasteiger partial charge is 0.495 e. The molecule has 0 aliphatic heterocycles. The summed E-state index contributed by atoms with van der Waals surface area (Å²) in [5, 5.41) is 0. The van der Waals surface area contributed by atoms with Crippen LogP contribution in [0.25, 0.3) is 28.2 Å². The molecule has 0 amide bonds. The van der Waals surface area contributed by atoms with Gasteiger partial charge >= 0.3 is 5.69 Å². The van der Waals surface area contributed by atoms with Gasteiger partial charge in [0.25, 0.3) is 0 Å². The maximum absolute atomic E-state index is 12.7. The average molecular weight is 390 g/mol. The van der Waals surface area contributed by atoms with Gasteiger partial charge in [-0.3, -0.25) is 4.79 Å². The van der Waals surface area contributed by atoms with E-state index in [0.29, 0.717) is 41.4 Å². The third-order valence-corrected chi connectivity index (χ3v) is 4.43. The van der Waals surface area contributed by atoms with Crippen LogP contribution in [-0.2, 0) is 0 Å². The molecule has 0 unspecified atom stereocenters. The third-order valence-electron chi connectivity index (χ3n) is 4.43. The van der Waals surface area contributed by atoms with Crippen molar-refractivity contribution in [1.82, 2.24) is 19.5 Å². The lowest BCUT2D eigenvalue weighted by molar-refractivity contribution is 0.112. The van der Waals surface area contributed by atoms with Crippen LogP contribution in [0.4, 0.5) is 0 Å². The van der Waals surface area contributed by atoms with Gasteiger partial charge in [-0.05, 0) is 43.3 Å². The number of aromatic nitrogens is 4. The number of imidazole rings is 1. The lowest BCUT2D eigenvalue weighted by atomic mass is 10.2. The van der Waals surface area contributed by atoms with Crippen molar-refractivity contribution in [3.63, 3.8) is 0 Å². The van der Waals surface area contributed by atoms with E-state index in [4.69, 9.17) is 9.47 Å². The van der Waals surface area contributed by atoms with E-state index in [1.54, 1.807) is 48.5 Å². The van der Waals surface area contributed by atoms with Crippen molar-refractivity contribution in [2.24, 2.45) is 0 Å². The van der Waals surface area contributed by atoms with Crippen LogP contribution in [-0.4, -0.2) is 39.5 Å². The maximum Gasteiger partial charge on any atom is 0.332 e. The molecule has 0 saturated carbocycles. The van der Waals surface area contributed by atoms with Crippen LogP contribution in [0.15, 0.2) is 53.3 Å². The molecule has 8 nitrogen and oxygen atoms in total. The van der Waals surface area contributed by atoms with E-state index in [1.165, 1.54) is 11.7 Å². The molecule has 0 bridgehead atoms. The lowest BCUT2D eigenvalue weighted by Gasteiger charge is -2.09. The van der Waals surface area contributed by atoms with Gasteiger partial charge in [0.05, 0.1) is 19.4 Å². The van der Waals surface area contributed by atoms with Crippen LogP contribution >= 0.6 is 0 Å². The Morgan fingerprint density at radius 1 is 1.10 bits per heavy atom. The van der Waals surface area contributed by atoms with Gasteiger partial charge in [0.15, 0.2) is 17.8 Å². The smallest absolute Gasteiger partial charge is 0.332 e. The van der Waals surface area contributed by atoms with Crippen molar-refractivity contribution >= 4 is 17.5 Å². The zero-order valence-electron chi connectivity index (χ0n) is 15.9. The second kappa shape index (κ2) is 7.59. The van der Waals surface area contributed by atoms with E-state index in [9.17, 15) is 9.59 Å². The molecule has 0 aliphatic carbocycles. The number of fused-ring (bicyclic) bond motifs is 1. The third kappa shape index (κ3) is 3.25. The highest BCUT2D eigenvalue weighted by Gasteiger charge is 2.19. The number of methoxy groups -OCH3 is 1. The Labute approximate surface area is 165 Å². The molecule has 0 aliphatic rings. The minimum absolute atomic E-state index is 0.102. The molecule has 4 aromatic rings. The molecule has 2 heterocycles. The Bertz CT molecular complexity index is 1240. The van der Waals surface area contributed by atoms with Gasteiger partial charge in [0.2, 0.25) is 0 Å². The molecule has 146 valence electrons. The summed E-state index contributed by atoms with van der Waals surface area (Å²) < 4.78 is 12.2. The van der Waals surface area contributed by atoms with E-state index in [2.05, 4.69) is 15.0 Å². The van der Waals surface area contributed by atoms with E-state index >= 15 is 0 Å². The van der Waals surface area contributed by atoms with Gasteiger partial charge in [-0.25, -0.2) is 19.3 Å². The number of nitrogens with one attached hydrogen (secondary N) is 1. The number of carbonyl (C=O) groups excluding carboxylic acids is 1. The molecule has 1 N–H and O–H groups in total. The number of nitrogens with zero attached hydrogens (tertiary/aromatic N) is 3. The SMILES string of the molecule is CCOc1ccc(-c2nc(C=O)c3[nH]c(=O)n(-c4ccccc4OC)c3n2)cc1. The number of aldehydes is 1. The van der Waals surface area contributed by atoms with Crippen LogP contribution in [0.1, 0.15) is 17.4 Å². The number of carbonyl (C=O) groups is 1. The normalized spacial score (nSPS) is 10.8. The van der Waals surface area contributed by atoms with Gasteiger partial charge < -0.3 is 14.5 Å². The molecule has 8 heteroatoms. The summed E-state index contributed by atoms with van der Waals surface area (Å²) in [4.78, 5) is 35.9. The number of ether oxygens (including phenoxy) is 2. The number of H-pyrrole nitrogens is 1. The van der Waals surface area contributed by atoms with Crippen molar-refractivity contribution in [2.75, 3.05) is 13.7 Å². The molecule has 0 spiro atoms. The Hall–Kier alpha value is -3.94. The summed E-state index contributed by atoms with van der Waals surface area (Å²) in [5.74, 6) is 1.55. The highest BCUT2D eigenvalue weighted by atomic mass is 16.5. The Morgan fingerprint density at radius 2 is 1.86 bits per heavy atom. The zero-order valence-corrected chi connectivity index (χ0v) is 15.9. The van der Waals surface area contributed by atoms with E-state index < -0.39 is 5.69 Å². The fourth-order valence-corrected chi connectivity index (χ4v) is 3.13. The summed E-state index contributed by atoms with van der Waals surface area (Å²) in [7, 11) is 1.52. The monoisotopic (exact) mass is 390 g/mol. The fraction of sp³-hybridized carbons (Fsp3) is 0.143. The molecule has 4 rings (SSSR count). The number of rotatable bonds is 6. The molecule has 0 atom stereocenters. The van der Waals surface area contributed by atoms with Gasteiger partial charge in [-0.2, -0.15) is 0 Å². The number of aromatic amines is 1. The Morgan fingerprint density at radius 3 is 2.55 bits per heavy atom. The van der Waals surface area contributed by atoms with E-state index in [0.717, 1.165) is 5.75 Å². The van der Waals surface area contributed by atoms with Crippen molar-refractivity contribution in [2.45, 2.75) is 6.92 Å². The first-order chi connectivity index (χ1) is 14.2. The van der Waals surface area contributed by atoms with Gasteiger partial charge in [0, 0.05) is 5.56 Å². The minimum atomic E-state index is -0.439. The molecular formula is C21H18N4O4. The van der Waals surface area contributed by atoms with Gasteiger partial charge in [-0.15, -0.1) is 0 Å². The van der Waals surface area contributed by atoms with E-state index in [-0.39, 0.29) is 11.2 Å². The van der Waals surface area contributed by atoms with Crippen LogP contribution in [0.3, 0.4) is 0 Å². The number of hydrogen-bond acceptors (Lipinski definition) is 6. The fourth-order valence-electron chi connectivity index (χ4n) is 3.13. The topological polar surface area (TPSA) is 99.1 Å². The summed E-state index contributed by atoms with van der Waals surface area (Å²) >= 11 is 0. The zero-order chi connectivity index (χ0) is 20.4. The van der Waals surface area contributed by atoms with Crippen LogP contribution in [0, 0.1) is 0 Å². The Balaban J connectivity index is 1.95. The molecule has 0 saturated heterocycles. The second-order valence-electron chi connectivity index (χ2n) is 6.14. The standard InChI is InChI=1S/C21H18N4O4/c1-3-29-14-10-8-13(9-11-14)19-22-15(12-26)18-20(24-19)25(21(27)23-18)16-6-4-5-7-17(16)28-2/h4-12H,3H2,1-2H3,(H,23,27). The summed E-state index contributed by atoms with van der Waals surface area (Å²) in [6, 6.07) is 14.3. The molecule has 2 aromatic heterocycles. The van der Waals surface area contributed by atoms with Crippen molar-refractivity contribution < 1.29 is 14.3 Å². The summed E-state index contributed by atoms with van der Waals surface area (Å²) in [6.45, 7) is 2.47. The first kappa shape index (κ1) is 18.4. The highest BCUT2D eigenvalue weighted by molar-refractivity contribution is 5.92. The predicted molar refractivity (Wildman–Crippen MR) is 108 cm³/mol. The Kier molecular flexibility index (Phi) is 4.82. The van der Waals surface area contributed by atoms with E-state index in [1.807, 2.05) is 6.92 Å². The number of benzene rings is 2. The summed E-state index contributed by atoms with van der Waals surface area (Å²) in [6.07, 6.45) is 0.602. The number of hydrogen-bond donors (Lipinski definition) is 1. The molecule has 0 fully saturated rings. The average Bonchev–Trinajstić information content (AvgIpc) is 3.09. The maximum atomic E-state index is 12.7. The molecule has 29 heavy (non-hydrogen) atoms. The first-order valence-corrected chi connectivity index (χ1v) is 9.00. The number of para-hydroxylation sites is 2. The molecule has 2 aromatic carbocycles. The predicted octanol–water partition coefficient (Wildman–Crippen LogP) is 3.00. The van der Waals surface area contributed by atoms with Gasteiger partial charge in [0.1, 0.15) is 22.7 Å². The van der Waals surface area contributed by atoms with Crippen molar-refractivity contribution in [3.05, 3.63) is 64.7 Å². The van der Waals surface area contributed by atoms with Gasteiger partial charge in [-0.1, -0.05) is 12.1 Å². The van der Waals surface area contributed by atoms with Crippen LogP contribution in [0.5, 0.6) is 11.5 Å². The van der Waals surface area contributed by atoms with Crippen molar-refractivity contribution in [1.29, 1.82) is 0 Å². The molecular weight excluding hydrogens is 372 g/mol. The first-order valence-electron chi connectivity index (χ1n) is 9.00. The van der Waals surface area contributed by atoms with Crippen LogP contribution in [0.2, 0.25) is 0 Å². The summed E-state index contributed by atoms with van der Waals surface area (Å²) in [5.41, 5.74) is 1.43. The van der Waals surface area contributed by atoms with Crippen LogP contribution < -0.4 is 15.2 Å². The molecule has 0 radical (unpaired) electrons. The lowest BCUT2D eigenvalue weighted by Crippen LogP contribution is -2.15. The quantitative estimate of drug-likeness (QED) is 0.508. The highest BCUT2D eigenvalue weighted by Crippen LogP contribution is 2.26. The second-order valence-corrected chi connectivity index (χ2v) is 6.14. The minimum Gasteiger partial charge on any atom is -0.495 e.